The third-order valence-corrected chi connectivity index (χ3v) is 6.57. The SMILES string of the molecule is CCOC(=O)C1=C(CN2CCN(c3ccc(Cl)cc3)CC2)NC(=O)NC1c1ccc(CC)cc1. The first kappa shape index (κ1) is 24.1. The lowest BCUT2D eigenvalue weighted by Gasteiger charge is -2.38. The number of halogens is 1. The maximum Gasteiger partial charge on any atom is 0.338 e. The van der Waals surface area contributed by atoms with E-state index in [2.05, 4.69) is 27.4 Å². The van der Waals surface area contributed by atoms with Crippen molar-refractivity contribution in [3.05, 3.63) is 76.0 Å². The molecule has 2 aromatic rings. The number of benzene rings is 2. The van der Waals surface area contributed by atoms with Crippen LogP contribution in [0.4, 0.5) is 10.5 Å². The van der Waals surface area contributed by atoms with Gasteiger partial charge in [0, 0.05) is 49.1 Å². The molecule has 0 aliphatic carbocycles. The van der Waals surface area contributed by atoms with E-state index in [0.717, 1.165) is 48.9 Å². The highest BCUT2D eigenvalue weighted by molar-refractivity contribution is 6.30. The molecule has 2 heterocycles. The summed E-state index contributed by atoms with van der Waals surface area (Å²) in [6, 6.07) is 15.0. The quantitative estimate of drug-likeness (QED) is 0.585. The summed E-state index contributed by atoms with van der Waals surface area (Å²) in [5, 5.41) is 6.52. The topological polar surface area (TPSA) is 73.9 Å². The summed E-state index contributed by atoms with van der Waals surface area (Å²) in [6.07, 6.45) is 0.923. The van der Waals surface area contributed by atoms with E-state index in [1.165, 1.54) is 5.56 Å². The molecule has 0 spiro atoms. The number of anilines is 1. The number of piperazine rings is 1. The van der Waals surface area contributed by atoms with Gasteiger partial charge in [0.1, 0.15) is 0 Å². The molecule has 0 bridgehead atoms. The van der Waals surface area contributed by atoms with Crippen molar-refractivity contribution in [1.82, 2.24) is 15.5 Å². The van der Waals surface area contributed by atoms with Crippen LogP contribution >= 0.6 is 11.6 Å². The Morgan fingerprint density at radius 3 is 2.32 bits per heavy atom. The van der Waals surface area contributed by atoms with Crippen LogP contribution in [0.2, 0.25) is 5.02 Å². The van der Waals surface area contributed by atoms with Gasteiger partial charge in [-0.15, -0.1) is 0 Å². The van der Waals surface area contributed by atoms with Gasteiger partial charge in [0.2, 0.25) is 0 Å². The number of nitrogens with one attached hydrogen (secondary N) is 2. The van der Waals surface area contributed by atoms with Crippen LogP contribution < -0.4 is 15.5 Å². The molecule has 1 fully saturated rings. The fourth-order valence-electron chi connectivity index (χ4n) is 4.43. The number of carbonyl (C=O) groups excluding carboxylic acids is 2. The van der Waals surface area contributed by atoms with Gasteiger partial charge >= 0.3 is 12.0 Å². The minimum atomic E-state index is -0.552. The second-order valence-electron chi connectivity index (χ2n) is 8.48. The Morgan fingerprint density at radius 1 is 1.03 bits per heavy atom. The van der Waals surface area contributed by atoms with Gasteiger partial charge < -0.3 is 20.3 Å². The van der Waals surface area contributed by atoms with Gasteiger partial charge in [0.05, 0.1) is 18.2 Å². The van der Waals surface area contributed by atoms with E-state index in [1.54, 1.807) is 6.92 Å². The van der Waals surface area contributed by atoms with Crippen LogP contribution in [0, 0.1) is 0 Å². The highest BCUT2D eigenvalue weighted by atomic mass is 35.5. The number of carbonyl (C=O) groups is 2. The van der Waals surface area contributed by atoms with Crippen molar-refractivity contribution in [2.75, 3.05) is 44.2 Å². The van der Waals surface area contributed by atoms with E-state index >= 15 is 0 Å². The monoisotopic (exact) mass is 482 g/mol. The van der Waals surface area contributed by atoms with Gasteiger partial charge in [-0.05, 0) is 48.7 Å². The first-order valence-corrected chi connectivity index (χ1v) is 12.2. The largest absolute Gasteiger partial charge is 0.463 e. The van der Waals surface area contributed by atoms with E-state index in [0.29, 0.717) is 17.8 Å². The molecular formula is C26H31ClN4O3. The Bertz CT molecular complexity index is 1040. The standard InChI is InChI=1S/C26H31ClN4O3/c1-3-18-5-7-19(8-6-18)24-23(25(32)34-4-2)22(28-26(33)29-24)17-30-13-15-31(16-14-30)21-11-9-20(27)10-12-21/h5-12,24H,3-4,13-17H2,1-2H3,(H2,28,29,33). The summed E-state index contributed by atoms with van der Waals surface area (Å²) in [6.45, 7) is 7.92. The highest BCUT2D eigenvalue weighted by Crippen LogP contribution is 2.29. The first-order chi connectivity index (χ1) is 16.5. The molecule has 4 rings (SSSR count). The summed E-state index contributed by atoms with van der Waals surface area (Å²) >= 11 is 6.02. The molecule has 0 aromatic heterocycles. The molecule has 2 N–H and O–H groups in total. The van der Waals surface area contributed by atoms with Crippen molar-refractivity contribution >= 4 is 29.3 Å². The van der Waals surface area contributed by atoms with Crippen LogP contribution in [0.15, 0.2) is 59.8 Å². The van der Waals surface area contributed by atoms with Crippen LogP contribution in [0.3, 0.4) is 0 Å². The number of esters is 1. The van der Waals surface area contributed by atoms with Gasteiger partial charge in [0.15, 0.2) is 0 Å². The Labute approximate surface area is 205 Å². The molecule has 0 saturated carbocycles. The van der Waals surface area contributed by atoms with E-state index < -0.39 is 12.0 Å². The Balaban J connectivity index is 1.54. The van der Waals surface area contributed by atoms with Crippen LogP contribution in [0.1, 0.15) is 31.0 Å². The number of amides is 2. The zero-order valence-electron chi connectivity index (χ0n) is 19.6. The van der Waals surface area contributed by atoms with Gasteiger partial charge in [-0.3, -0.25) is 4.90 Å². The molecule has 180 valence electrons. The average molecular weight is 483 g/mol. The molecule has 2 amide bonds. The van der Waals surface area contributed by atoms with Crippen LogP contribution in [0.25, 0.3) is 0 Å². The van der Waals surface area contributed by atoms with E-state index in [9.17, 15) is 9.59 Å². The Morgan fingerprint density at radius 2 is 1.71 bits per heavy atom. The van der Waals surface area contributed by atoms with Crippen molar-refractivity contribution in [2.24, 2.45) is 0 Å². The lowest BCUT2D eigenvalue weighted by atomic mass is 9.94. The molecule has 1 saturated heterocycles. The lowest BCUT2D eigenvalue weighted by Crippen LogP contribution is -2.51. The number of hydrogen-bond donors (Lipinski definition) is 2. The summed E-state index contributed by atoms with van der Waals surface area (Å²) in [5.74, 6) is -0.408. The van der Waals surface area contributed by atoms with Gasteiger partial charge in [-0.2, -0.15) is 0 Å². The zero-order chi connectivity index (χ0) is 24.1. The fraction of sp³-hybridized carbons (Fsp3) is 0.385. The number of nitrogens with zero attached hydrogens (tertiary/aromatic N) is 2. The first-order valence-electron chi connectivity index (χ1n) is 11.8. The average Bonchev–Trinajstić information content (AvgIpc) is 2.85. The molecule has 2 aliphatic heterocycles. The lowest BCUT2D eigenvalue weighted by molar-refractivity contribution is -0.139. The maximum absolute atomic E-state index is 13.0. The van der Waals surface area contributed by atoms with Crippen molar-refractivity contribution in [3.63, 3.8) is 0 Å². The van der Waals surface area contributed by atoms with E-state index in [1.807, 2.05) is 48.5 Å². The highest BCUT2D eigenvalue weighted by Gasteiger charge is 2.34. The molecule has 1 atom stereocenters. The molecular weight excluding hydrogens is 452 g/mol. The molecule has 1 unspecified atom stereocenters. The minimum absolute atomic E-state index is 0.269. The molecule has 2 aliphatic rings. The number of hydrogen-bond acceptors (Lipinski definition) is 5. The number of ether oxygens (including phenoxy) is 1. The predicted molar refractivity (Wildman–Crippen MR) is 134 cm³/mol. The van der Waals surface area contributed by atoms with Crippen LogP contribution in [-0.4, -0.2) is 56.2 Å². The third-order valence-electron chi connectivity index (χ3n) is 6.32. The minimum Gasteiger partial charge on any atom is -0.463 e. The number of urea groups is 1. The molecule has 0 radical (unpaired) electrons. The van der Waals surface area contributed by atoms with Crippen molar-refractivity contribution < 1.29 is 14.3 Å². The third kappa shape index (κ3) is 5.54. The molecule has 2 aromatic carbocycles. The predicted octanol–water partition coefficient (Wildman–Crippen LogP) is 3.90. The smallest absolute Gasteiger partial charge is 0.338 e. The summed E-state index contributed by atoms with van der Waals surface area (Å²) in [4.78, 5) is 30.2. The Hall–Kier alpha value is -3.03. The van der Waals surface area contributed by atoms with E-state index in [4.69, 9.17) is 16.3 Å². The molecule has 34 heavy (non-hydrogen) atoms. The number of rotatable bonds is 7. The van der Waals surface area contributed by atoms with Crippen molar-refractivity contribution in [2.45, 2.75) is 26.3 Å². The summed E-state index contributed by atoms with van der Waals surface area (Å²) in [7, 11) is 0. The number of aryl methyl sites for hydroxylation is 1. The van der Waals surface area contributed by atoms with Gasteiger partial charge in [-0.25, -0.2) is 9.59 Å². The van der Waals surface area contributed by atoms with Gasteiger partial charge in [0.25, 0.3) is 0 Å². The van der Waals surface area contributed by atoms with E-state index in [-0.39, 0.29) is 12.6 Å². The summed E-state index contributed by atoms with van der Waals surface area (Å²) < 4.78 is 5.39. The van der Waals surface area contributed by atoms with Crippen molar-refractivity contribution in [1.29, 1.82) is 0 Å². The zero-order valence-corrected chi connectivity index (χ0v) is 20.4. The fourth-order valence-corrected chi connectivity index (χ4v) is 4.55. The van der Waals surface area contributed by atoms with Gasteiger partial charge in [-0.1, -0.05) is 42.8 Å². The second-order valence-corrected chi connectivity index (χ2v) is 8.92. The van der Waals surface area contributed by atoms with Crippen LogP contribution in [0.5, 0.6) is 0 Å². The van der Waals surface area contributed by atoms with Crippen LogP contribution in [-0.2, 0) is 16.0 Å². The molecule has 7 nitrogen and oxygen atoms in total. The second kappa shape index (κ2) is 10.9. The maximum atomic E-state index is 13.0. The Kier molecular flexibility index (Phi) is 7.75. The summed E-state index contributed by atoms with van der Waals surface area (Å²) in [5.41, 5.74) is 4.27. The molecule has 8 heteroatoms. The normalized spacial score (nSPS) is 19.0. The van der Waals surface area contributed by atoms with Crippen molar-refractivity contribution in [3.8, 4) is 0 Å².